The van der Waals surface area contributed by atoms with Crippen LogP contribution in [0.1, 0.15) is 26.2 Å². The molecule has 1 aliphatic rings. The molecule has 4 nitrogen and oxygen atoms in total. The molecular formula is C11H23N3O. The first kappa shape index (κ1) is 12.5. The van der Waals surface area contributed by atoms with Gasteiger partial charge in [0, 0.05) is 13.1 Å². The van der Waals surface area contributed by atoms with Crippen molar-refractivity contribution in [3.8, 4) is 0 Å². The van der Waals surface area contributed by atoms with Crippen LogP contribution in [-0.4, -0.2) is 43.5 Å². The van der Waals surface area contributed by atoms with Crippen molar-refractivity contribution in [2.45, 2.75) is 26.2 Å². The third-order valence-corrected chi connectivity index (χ3v) is 2.85. The molecule has 1 atom stereocenters. The van der Waals surface area contributed by atoms with Crippen LogP contribution in [0.15, 0.2) is 0 Å². The lowest BCUT2D eigenvalue weighted by molar-refractivity contribution is -0.119. The van der Waals surface area contributed by atoms with Crippen LogP contribution in [0.4, 0.5) is 0 Å². The largest absolute Gasteiger partial charge is 0.355 e. The SMILES string of the molecule is CC(CNC(=O)CN)CN1CCCCC1. The van der Waals surface area contributed by atoms with Crippen molar-refractivity contribution in [2.75, 3.05) is 32.7 Å². The van der Waals surface area contributed by atoms with Gasteiger partial charge >= 0.3 is 0 Å². The molecule has 3 N–H and O–H groups in total. The lowest BCUT2D eigenvalue weighted by Crippen LogP contribution is -2.39. The summed E-state index contributed by atoms with van der Waals surface area (Å²) in [5.74, 6) is 0.457. The number of nitrogens with one attached hydrogen (secondary N) is 1. The highest BCUT2D eigenvalue weighted by molar-refractivity contribution is 5.77. The first-order chi connectivity index (χ1) is 7.22. The molecule has 0 spiro atoms. The fourth-order valence-electron chi connectivity index (χ4n) is 2.01. The summed E-state index contributed by atoms with van der Waals surface area (Å²) in [4.78, 5) is 13.4. The number of rotatable bonds is 5. The van der Waals surface area contributed by atoms with Crippen LogP contribution in [0, 0.1) is 5.92 Å². The summed E-state index contributed by atoms with van der Waals surface area (Å²) in [5.41, 5.74) is 5.22. The summed E-state index contributed by atoms with van der Waals surface area (Å²) in [6.07, 6.45) is 4.01. The minimum atomic E-state index is -0.0551. The molecule has 1 amide bonds. The number of hydrogen-bond acceptors (Lipinski definition) is 3. The van der Waals surface area contributed by atoms with Crippen LogP contribution in [0.2, 0.25) is 0 Å². The van der Waals surface area contributed by atoms with Gasteiger partial charge in [0.05, 0.1) is 6.54 Å². The molecule has 1 rings (SSSR count). The maximum atomic E-state index is 11.0. The Bertz CT molecular complexity index is 190. The van der Waals surface area contributed by atoms with Crippen molar-refractivity contribution in [3.63, 3.8) is 0 Å². The van der Waals surface area contributed by atoms with E-state index in [0.717, 1.165) is 13.1 Å². The van der Waals surface area contributed by atoms with Gasteiger partial charge in [0.25, 0.3) is 0 Å². The maximum absolute atomic E-state index is 11.0. The van der Waals surface area contributed by atoms with Crippen molar-refractivity contribution in [1.29, 1.82) is 0 Å². The van der Waals surface area contributed by atoms with Gasteiger partial charge in [0.1, 0.15) is 0 Å². The van der Waals surface area contributed by atoms with Gasteiger partial charge in [-0.05, 0) is 31.8 Å². The molecule has 0 aromatic rings. The molecule has 0 saturated carbocycles. The highest BCUT2D eigenvalue weighted by atomic mass is 16.1. The summed E-state index contributed by atoms with van der Waals surface area (Å²) < 4.78 is 0. The maximum Gasteiger partial charge on any atom is 0.233 e. The molecular weight excluding hydrogens is 190 g/mol. The zero-order valence-corrected chi connectivity index (χ0v) is 9.67. The third-order valence-electron chi connectivity index (χ3n) is 2.85. The van der Waals surface area contributed by atoms with Gasteiger partial charge in [-0.15, -0.1) is 0 Å². The van der Waals surface area contributed by atoms with Gasteiger partial charge in [-0.3, -0.25) is 4.79 Å². The molecule has 0 aromatic heterocycles. The van der Waals surface area contributed by atoms with E-state index in [1.54, 1.807) is 0 Å². The number of nitrogens with zero attached hydrogens (tertiary/aromatic N) is 1. The summed E-state index contributed by atoms with van der Waals surface area (Å²) in [6, 6.07) is 0. The van der Waals surface area contributed by atoms with E-state index in [9.17, 15) is 4.79 Å². The number of likely N-dealkylation sites (tertiary alicyclic amines) is 1. The zero-order chi connectivity index (χ0) is 11.1. The van der Waals surface area contributed by atoms with E-state index in [2.05, 4.69) is 17.1 Å². The monoisotopic (exact) mass is 213 g/mol. The average Bonchev–Trinajstić information content (AvgIpc) is 2.27. The molecule has 1 fully saturated rings. The Morgan fingerprint density at radius 1 is 1.40 bits per heavy atom. The van der Waals surface area contributed by atoms with Crippen LogP contribution in [0.5, 0.6) is 0 Å². The Labute approximate surface area is 92.2 Å². The Hall–Kier alpha value is -0.610. The summed E-state index contributed by atoms with van der Waals surface area (Å²) in [7, 11) is 0. The standard InChI is InChI=1S/C11H23N3O/c1-10(8-13-11(15)7-12)9-14-5-3-2-4-6-14/h10H,2-9,12H2,1H3,(H,13,15). The van der Waals surface area contributed by atoms with E-state index in [1.807, 2.05) is 0 Å². The second kappa shape index (κ2) is 6.80. The molecule has 1 heterocycles. The minimum absolute atomic E-state index is 0.0551. The molecule has 88 valence electrons. The molecule has 0 aliphatic carbocycles. The molecule has 4 heteroatoms. The van der Waals surface area contributed by atoms with Gasteiger partial charge in [0.2, 0.25) is 5.91 Å². The van der Waals surface area contributed by atoms with Crippen LogP contribution < -0.4 is 11.1 Å². The van der Waals surface area contributed by atoms with E-state index >= 15 is 0 Å². The van der Waals surface area contributed by atoms with E-state index in [-0.39, 0.29) is 12.5 Å². The highest BCUT2D eigenvalue weighted by Crippen LogP contribution is 2.10. The van der Waals surface area contributed by atoms with E-state index < -0.39 is 0 Å². The number of carbonyl (C=O) groups excluding carboxylic acids is 1. The Morgan fingerprint density at radius 2 is 2.07 bits per heavy atom. The molecule has 1 aliphatic heterocycles. The minimum Gasteiger partial charge on any atom is -0.355 e. The summed E-state index contributed by atoms with van der Waals surface area (Å²) >= 11 is 0. The highest BCUT2D eigenvalue weighted by Gasteiger charge is 2.13. The van der Waals surface area contributed by atoms with Crippen molar-refractivity contribution in [3.05, 3.63) is 0 Å². The Balaban J connectivity index is 2.11. The van der Waals surface area contributed by atoms with Crippen LogP contribution in [-0.2, 0) is 4.79 Å². The van der Waals surface area contributed by atoms with Gasteiger partial charge in [-0.25, -0.2) is 0 Å². The first-order valence-electron chi connectivity index (χ1n) is 5.91. The lowest BCUT2D eigenvalue weighted by Gasteiger charge is -2.29. The second-order valence-corrected chi connectivity index (χ2v) is 4.47. The molecule has 0 aromatic carbocycles. The predicted octanol–water partition coefficient (Wildman–Crippen LogP) is 0.183. The normalized spacial score (nSPS) is 19.9. The Kier molecular flexibility index (Phi) is 5.65. The van der Waals surface area contributed by atoms with E-state index in [0.29, 0.717) is 5.92 Å². The molecule has 1 saturated heterocycles. The average molecular weight is 213 g/mol. The predicted molar refractivity (Wildman–Crippen MR) is 61.5 cm³/mol. The smallest absolute Gasteiger partial charge is 0.233 e. The van der Waals surface area contributed by atoms with Crippen molar-refractivity contribution in [1.82, 2.24) is 10.2 Å². The zero-order valence-electron chi connectivity index (χ0n) is 9.67. The number of hydrogen-bond donors (Lipinski definition) is 2. The molecule has 0 bridgehead atoms. The quantitative estimate of drug-likeness (QED) is 0.685. The molecule has 15 heavy (non-hydrogen) atoms. The van der Waals surface area contributed by atoms with E-state index in [1.165, 1.54) is 32.4 Å². The molecule has 0 radical (unpaired) electrons. The van der Waals surface area contributed by atoms with Crippen LogP contribution >= 0.6 is 0 Å². The van der Waals surface area contributed by atoms with Crippen LogP contribution in [0.3, 0.4) is 0 Å². The number of piperidine rings is 1. The van der Waals surface area contributed by atoms with Crippen molar-refractivity contribution in [2.24, 2.45) is 11.7 Å². The Morgan fingerprint density at radius 3 is 2.67 bits per heavy atom. The van der Waals surface area contributed by atoms with Gasteiger partial charge in [-0.1, -0.05) is 13.3 Å². The van der Waals surface area contributed by atoms with Gasteiger partial charge in [-0.2, -0.15) is 0 Å². The van der Waals surface area contributed by atoms with E-state index in [4.69, 9.17) is 5.73 Å². The number of carbonyl (C=O) groups is 1. The fourth-order valence-corrected chi connectivity index (χ4v) is 2.01. The number of nitrogens with two attached hydrogens (primary N) is 1. The van der Waals surface area contributed by atoms with Crippen molar-refractivity contribution < 1.29 is 4.79 Å². The second-order valence-electron chi connectivity index (χ2n) is 4.47. The summed E-state index contributed by atoms with van der Waals surface area (Å²) in [6.45, 7) is 6.53. The third kappa shape index (κ3) is 5.14. The lowest BCUT2D eigenvalue weighted by atomic mass is 10.1. The summed E-state index contributed by atoms with van der Waals surface area (Å²) in [5, 5.41) is 2.83. The molecule has 1 unspecified atom stereocenters. The fraction of sp³-hybridized carbons (Fsp3) is 0.909. The number of amides is 1. The van der Waals surface area contributed by atoms with Crippen molar-refractivity contribution >= 4 is 5.91 Å². The first-order valence-corrected chi connectivity index (χ1v) is 5.91. The topological polar surface area (TPSA) is 58.4 Å². The van der Waals surface area contributed by atoms with Gasteiger partial charge < -0.3 is 16.0 Å². The van der Waals surface area contributed by atoms with Gasteiger partial charge in [0.15, 0.2) is 0 Å². The van der Waals surface area contributed by atoms with Crippen LogP contribution in [0.25, 0.3) is 0 Å².